The molecule has 2 bridgehead atoms. The zero-order valence-electron chi connectivity index (χ0n) is 21.3. The molecule has 4 amide bonds. The third kappa shape index (κ3) is 3.37. The molecule has 0 spiro atoms. The molecule has 7 rings (SSSR count). The van der Waals surface area contributed by atoms with Crippen LogP contribution in [0.3, 0.4) is 0 Å². The van der Waals surface area contributed by atoms with Crippen LogP contribution >= 0.6 is 31.9 Å². The third-order valence-electron chi connectivity index (χ3n) is 8.85. The van der Waals surface area contributed by atoms with Crippen molar-refractivity contribution in [2.24, 2.45) is 35.0 Å². The average Bonchev–Trinajstić information content (AvgIpc) is 3.32. The van der Waals surface area contributed by atoms with Crippen LogP contribution in [-0.2, 0) is 28.7 Å². The van der Waals surface area contributed by atoms with Crippen molar-refractivity contribution in [3.63, 3.8) is 0 Å². The number of hydrogen-bond acceptors (Lipinski definition) is 6. The number of ether oxygens (including phenoxy) is 1. The molecule has 2 saturated heterocycles. The molecule has 0 N–H and O–H groups in total. The Morgan fingerprint density at radius 1 is 0.769 bits per heavy atom. The predicted octanol–water partition coefficient (Wildman–Crippen LogP) is 4.65. The van der Waals surface area contributed by atoms with Gasteiger partial charge in [0.15, 0.2) is 0 Å². The first-order chi connectivity index (χ1) is 18.5. The van der Waals surface area contributed by atoms with Gasteiger partial charge in [0.2, 0.25) is 23.6 Å². The molecule has 2 heterocycles. The van der Waals surface area contributed by atoms with E-state index >= 15 is 0 Å². The van der Waals surface area contributed by atoms with Gasteiger partial charge in [-0.25, -0.2) is 4.79 Å². The van der Waals surface area contributed by atoms with Crippen molar-refractivity contribution in [3.8, 4) is 0 Å². The second-order valence-corrected chi connectivity index (χ2v) is 12.4. The molecule has 2 aliphatic heterocycles. The van der Waals surface area contributed by atoms with Crippen LogP contribution < -0.4 is 9.80 Å². The fourth-order valence-electron chi connectivity index (χ4n) is 7.50. The highest BCUT2D eigenvalue weighted by molar-refractivity contribution is 9.10. The Bertz CT molecular complexity index is 1410. The summed E-state index contributed by atoms with van der Waals surface area (Å²) in [5.74, 6) is -6.98. The second kappa shape index (κ2) is 8.96. The fourth-order valence-corrected chi connectivity index (χ4v) is 8.03. The van der Waals surface area contributed by atoms with Gasteiger partial charge in [0.05, 0.1) is 41.7 Å². The number of esters is 1. The Labute approximate surface area is 241 Å². The van der Waals surface area contributed by atoms with E-state index in [0.717, 1.165) is 18.7 Å². The molecule has 0 aromatic heterocycles. The molecule has 4 atom stereocenters. The van der Waals surface area contributed by atoms with Crippen LogP contribution in [-0.4, -0.2) is 36.2 Å². The van der Waals surface area contributed by atoms with Gasteiger partial charge in [-0.2, -0.15) is 0 Å². The molecular formula is C29H24Br2N2O6. The first-order valence-electron chi connectivity index (χ1n) is 12.7. The predicted molar refractivity (Wildman–Crippen MR) is 148 cm³/mol. The number of hydrogen-bond donors (Lipinski definition) is 0. The van der Waals surface area contributed by atoms with E-state index in [2.05, 4.69) is 31.9 Å². The standard InChI is InChI=1S/C29H24Br2N2O6/c1-4-39-28(38)21-13(2)18-19-22(26(36)32(24(19)34)16-9-5-14(30)6-10-16)29(21,3)23-20(18)25(35)33(27(23)37)17-11-7-15(31)8-12-17/h5-12,18-20,22-23H,4H2,1-3H3/t18?,19-,20-,22+,23+,29?/m0/s1. The van der Waals surface area contributed by atoms with E-state index in [0.29, 0.717) is 16.9 Å². The van der Waals surface area contributed by atoms with E-state index in [1.54, 1.807) is 69.3 Å². The number of nitrogens with zero attached hydrogens (tertiary/aromatic N) is 2. The minimum Gasteiger partial charge on any atom is -0.463 e. The number of carbonyl (C=O) groups excluding carboxylic acids is 5. The molecule has 8 nitrogen and oxygen atoms in total. The lowest BCUT2D eigenvalue weighted by Crippen LogP contribution is -2.61. The minimum atomic E-state index is -1.42. The summed E-state index contributed by atoms with van der Waals surface area (Å²) in [5, 5.41) is 0. The zero-order chi connectivity index (χ0) is 28.0. The van der Waals surface area contributed by atoms with Crippen LogP contribution in [0.15, 0.2) is 68.6 Å². The summed E-state index contributed by atoms with van der Waals surface area (Å²) in [5.41, 5.74) is 0.153. The zero-order valence-corrected chi connectivity index (χ0v) is 24.5. The lowest BCUT2D eigenvalue weighted by molar-refractivity contribution is -0.155. The lowest BCUT2D eigenvalue weighted by atomic mass is 9.43. The fraction of sp³-hybridized carbons (Fsp3) is 0.345. The molecule has 0 radical (unpaired) electrons. The van der Waals surface area contributed by atoms with Crippen molar-refractivity contribution in [1.82, 2.24) is 0 Å². The van der Waals surface area contributed by atoms with Crippen LogP contribution in [0, 0.1) is 35.0 Å². The molecule has 39 heavy (non-hydrogen) atoms. The largest absolute Gasteiger partial charge is 0.463 e. The van der Waals surface area contributed by atoms with Gasteiger partial charge >= 0.3 is 5.97 Å². The average molecular weight is 656 g/mol. The maximum atomic E-state index is 14.1. The topological polar surface area (TPSA) is 101 Å². The van der Waals surface area contributed by atoms with Gasteiger partial charge in [0.25, 0.3) is 0 Å². The van der Waals surface area contributed by atoms with Crippen LogP contribution in [0.2, 0.25) is 0 Å². The van der Waals surface area contributed by atoms with Gasteiger partial charge < -0.3 is 4.74 Å². The van der Waals surface area contributed by atoms with Crippen molar-refractivity contribution in [2.75, 3.05) is 16.4 Å². The Hall–Kier alpha value is -3.11. The maximum absolute atomic E-state index is 14.1. The highest BCUT2D eigenvalue weighted by Gasteiger charge is 2.77. The van der Waals surface area contributed by atoms with Crippen LogP contribution in [0.25, 0.3) is 0 Å². The summed E-state index contributed by atoms with van der Waals surface area (Å²) < 4.78 is 6.99. The van der Waals surface area contributed by atoms with E-state index in [-0.39, 0.29) is 12.2 Å². The molecule has 0 unspecified atom stereocenters. The van der Waals surface area contributed by atoms with Crippen LogP contribution in [0.4, 0.5) is 11.4 Å². The SMILES string of the molecule is CCOC(=O)C1=C(C)C2[C@@H]3C(=O)N(c4ccc(Br)cc4)C(=O)[C@@H]3C1(C)[C@H]1C(=O)N(c3ccc(Br)cc3)C(=O)[C@@H]21. The number of anilines is 2. The smallest absolute Gasteiger partial charge is 0.334 e. The number of rotatable bonds is 4. The Kier molecular flexibility index (Phi) is 6.00. The van der Waals surface area contributed by atoms with E-state index in [9.17, 15) is 24.0 Å². The Balaban J connectivity index is 1.54. The van der Waals surface area contributed by atoms with Gasteiger partial charge in [-0.05, 0) is 62.4 Å². The molecule has 2 aromatic carbocycles. The van der Waals surface area contributed by atoms with Gasteiger partial charge in [0.1, 0.15) is 0 Å². The van der Waals surface area contributed by atoms with Gasteiger partial charge in [-0.3, -0.25) is 29.0 Å². The first-order valence-corrected chi connectivity index (χ1v) is 14.3. The van der Waals surface area contributed by atoms with Gasteiger partial charge in [-0.1, -0.05) is 44.4 Å². The summed E-state index contributed by atoms with van der Waals surface area (Å²) in [7, 11) is 0. The monoisotopic (exact) mass is 654 g/mol. The third-order valence-corrected chi connectivity index (χ3v) is 9.91. The molecule has 200 valence electrons. The molecule has 10 heteroatoms. The van der Waals surface area contributed by atoms with Crippen LogP contribution in [0.1, 0.15) is 20.8 Å². The van der Waals surface area contributed by atoms with E-state index in [4.69, 9.17) is 4.74 Å². The van der Waals surface area contributed by atoms with E-state index in [1.807, 2.05) is 0 Å². The number of benzene rings is 2. The second-order valence-electron chi connectivity index (χ2n) is 10.6. The van der Waals surface area contributed by atoms with Crippen molar-refractivity contribution in [3.05, 3.63) is 68.6 Å². The summed E-state index contributed by atoms with van der Waals surface area (Å²) in [6, 6.07) is 13.6. The van der Waals surface area contributed by atoms with Gasteiger partial charge in [-0.15, -0.1) is 0 Å². The van der Waals surface area contributed by atoms with E-state index in [1.165, 1.54) is 0 Å². The quantitative estimate of drug-likeness (QED) is 0.351. The normalized spacial score (nSPS) is 31.3. The maximum Gasteiger partial charge on any atom is 0.334 e. The summed E-state index contributed by atoms with van der Waals surface area (Å²) in [6.45, 7) is 5.19. The van der Waals surface area contributed by atoms with Crippen molar-refractivity contribution >= 4 is 72.8 Å². The lowest BCUT2D eigenvalue weighted by Gasteiger charge is -2.55. The Morgan fingerprint density at radius 3 is 1.56 bits per heavy atom. The number of allylic oxidation sites excluding steroid dienone is 1. The van der Waals surface area contributed by atoms with Crippen LogP contribution in [0.5, 0.6) is 0 Å². The number of amides is 4. The minimum absolute atomic E-state index is 0.105. The molecule has 3 aliphatic carbocycles. The van der Waals surface area contributed by atoms with Crippen molar-refractivity contribution in [1.29, 1.82) is 0 Å². The number of carbonyl (C=O) groups is 5. The molecule has 2 aromatic rings. The Morgan fingerprint density at radius 2 is 1.18 bits per heavy atom. The number of halogens is 2. The summed E-state index contributed by atoms with van der Waals surface area (Å²) >= 11 is 6.75. The van der Waals surface area contributed by atoms with Crippen molar-refractivity contribution in [2.45, 2.75) is 20.8 Å². The molecule has 1 saturated carbocycles. The number of imide groups is 2. The van der Waals surface area contributed by atoms with Crippen molar-refractivity contribution < 1.29 is 28.7 Å². The summed E-state index contributed by atoms with van der Waals surface area (Å²) in [4.78, 5) is 72.0. The van der Waals surface area contributed by atoms with Gasteiger partial charge in [0, 0.05) is 25.9 Å². The highest BCUT2D eigenvalue weighted by Crippen LogP contribution is 2.68. The van der Waals surface area contributed by atoms with E-state index < -0.39 is 64.6 Å². The highest BCUT2D eigenvalue weighted by atomic mass is 79.9. The summed E-state index contributed by atoms with van der Waals surface area (Å²) in [6.07, 6.45) is 0. The molecule has 5 aliphatic rings. The molecule has 3 fully saturated rings. The first kappa shape index (κ1) is 26.1. The molecular weight excluding hydrogens is 632 g/mol.